The van der Waals surface area contributed by atoms with Crippen molar-refractivity contribution in [2.45, 2.75) is 58.8 Å². The molecule has 1 aromatic rings. The summed E-state index contributed by atoms with van der Waals surface area (Å²) in [5, 5.41) is 15.3. The molecule has 0 aliphatic carbocycles. The van der Waals surface area contributed by atoms with Crippen LogP contribution in [0.2, 0.25) is 5.02 Å². The van der Waals surface area contributed by atoms with E-state index in [1.165, 1.54) is 0 Å². The zero-order valence-electron chi connectivity index (χ0n) is 11.8. The highest BCUT2D eigenvalue weighted by Crippen LogP contribution is 2.26. The van der Waals surface area contributed by atoms with Crippen molar-refractivity contribution in [1.82, 2.24) is 9.78 Å². The molecule has 0 spiro atoms. The van der Waals surface area contributed by atoms with Crippen molar-refractivity contribution in [2.75, 3.05) is 7.11 Å². The van der Waals surface area contributed by atoms with E-state index in [1.807, 2.05) is 32.4 Å². The first kappa shape index (κ1) is 15.5. The molecule has 0 amide bonds. The normalized spacial score (nSPS) is 13.9. The molecule has 5 heteroatoms. The minimum atomic E-state index is -0.619. The fourth-order valence-corrected chi connectivity index (χ4v) is 2.12. The lowest BCUT2D eigenvalue weighted by Gasteiger charge is -2.29. The van der Waals surface area contributed by atoms with E-state index in [4.69, 9.17) is 16.3 Å². The van der Waals surface area contributed by atoms with Crippen molar-refractivity contribution in [1.29, 1.82) is 0 Å². The molecule has 1 N–H and O–H groups in total. The summed E-state index contributed by atoms with van der Waals surface area (Å²) in [6.07, 6.45) is 0.620. The molecule has 0 aromatic carbocycles. The number of hydrogen-bond acceptors (Lipinski definition) is 3. The molecule has 1 heterocycles. The first-order chi connectivity index (χ1) is 8.37. The number of aliphatic hydroxyl groups excluding tert-OH is 1. The summed E-state index contributed by atoms with van der Waals surface area (Å²) in [5.74, 6) is 0. The van der Waals surface area contributed by atoms with Crippen LogP contribution in [0.15, 0.2) is 0 Å². The highest BCUT2D eigenvalue weighted by Gasteiger charge is 2.30. The number of aryl methyl sites for hydroxylation is 2. The van der Waals surface area contributed by atoms with Gasteiger partial charge in [0, 0.05) is 20.1 Å². The summed E-state index contributed by atoms with van der Waals surface area (Å²) in [6.45, 7) is 8.50. The Morgan fingerprint density at radius 3 is 2.50 bits per heavy atom. The third kappa shape index (κ3) is 3.05. The average Bonchev–Trinajstić information content (AvgIpc) is 2.66. The first-order valence-corrected chi connectivity index (χ1v) is 6.72. The molecule has 104 valence electrons. The van der Waals surface area contributed by atoms with Gasteiger partial charge in [0.25, 0.3) is 0 Å². The van der Waals surface area contributed by atoms with E-state index >= 15 is 0 Å². The highest BCUT2D eigenvalue weighted by atomic mass is 35.5. The fourth-order valence-electron chi connectivity index (χ4n) is 1.78. The van der Waals surface area contributed by atoms with Crippen LogP contribution in [0.5, 0.6) is 0 Å². The molecule has 1 aromatic heterocycles. The van der Waals surface area contributed by atoms with Crippen LogP contribution in [-0.2, 0) is 24.1 Å². The van der Waals surface area contributed by atoms with Gasteiger partial charge in [-0.15, -0.1) is 0 Å². The minimum Gasteiger partial charge on any atom is -0.390 e. The van der Waals surface area contributed by atoms with Gasteiger partial charge in [0.15, 0.2) is 0 Å². The SMILES string of the molecule is CCc1nn(CC)c(CC(O)C(C)(C)OC)c1Cl. The van der Waals surface area contributed by atoms with E-state index in [9.17, 15) is 5.11 Å². The zero-order valence-corrected chi connectivity index (χ0v) is 12.6. The van der Waals surface area contributed by atoms with E-state index in [0.717, 1.165) is 24.4 Å². The molecular formula is C13H23ClN2O2. The molecule has 18 heavy (non-hydrogen) atoms. The second-order valence-electron chi connectivity index (χ2n) is 4.90. The number of aromatic nitrogens is 2. The summed E-state index contributed by atoms with van der Waals surface area (Å²) in [4.78, 5) is 0. The van der Waals surface area contributed by atoms with Gasteiger partial charge in [0.05, 0.1) is 28.1 Å². The predicted molar refractivity (Wildman–Crippen MR) is 73.1 cm³/mol. The van der Waals surface area contributed by atoms with Crippen LogP contribution in [0.3, 0.4) is 0 Å². The van der Waals surface area contributed by atoms with E-state index in [-0.39, 0.29) is 0 Å². The zero-order chi connectivity index (χ0) is 13.9. The van der Waals surface area contributed by atoms with E-state index in [1.54, 1.807) is 7.11 Å². The Morgan fingerprint density at radius 2 is 2.06 bits per heavy atom. The van der Waals surface area contributed by atoms with Crippen LogP contribution in [0, 0.1) is 0 Å². The predicted octanol–water partition coefficient (Wildman–Crippen LogP) is 2.45. The van der Waals surface area contributed by atoms with Crippen LogP contribution in [-0.4, -0.2) is 33.7 Å². The number of rotatable bonds is 6. The Kier molecular flexibility index (Phi) is 5.20. The molecule has 0 saturated heterocycles. The smallest absolute Gasteiger partial charge is 0.0884 e. The Labute approximate surface area is 114 Å². The van der Waals surface area contributed by atoms with Gasteiger partial charge in [-0.1, -0.05) is 18.5 Å². The molecular weight excluding hydrogens is 252 g/mol. The molecule has 0 aliphatic heterocycles. The Morgan fingerprint density at radius 1 is 1.44 bits per heavy atom. The maximum atomic E-state index is 10.2. The van der Waals surface area contributed by atoms with Crippen LogP contribution in [0.4, 0.5) is 0 Å². The highest BCUT2D eigenvalue weighted by molar-refractivity contribution is 6.31. The van der Waals surface area contributed by atoms with Crippen LogP contribution >= 0.6 is 11.6 Å². The molecule has 0 fully saturated rings. The van der Waals surface area contributed by atoms with Gasteiger partial charge in [0.2, 0.25) is 0 Å². The molecule has 1 unspecified atom stereocenters. The summed E-state index contributed by atoms with van der Waals surface area (Å²) >= 11 is 6.31. The van der Waals surface area contributed by atoms with E-state index < -0.39 is 11.7 Å². The van der Waals surface area contributed by atoms with Gasteiger partial charge in [-0.05, 0) is 27.2 Å². The summed E-state index contributed by atoms with van der Waals surface area (Å²) in [7, 11) is 1.60. The lowest BCUT2D eigenvalue weighted by molar-refractivity contribution is -0.0771. The van der Waals surface area contributed by atoms with Crippen molar-refractivity contribution in [3.05, 3.63) is 16.4 Å². The van der Waals surface area contributed by atoms with Crippen molar-refractivity contribution < 1.29 is 9.84 Å². The van der Waals surface area contributed by atoms with Crippen LogP contribution in [0.1, 0.15) is 39.1 Å². The van der Waals surface area contributed by atoms with Gasteiger partial charge in [-0.3, -0.25) is 4.68 Å². The Balaban J connectivity index is 3.00. The molecule has 0 aliphatic rings. The number of hydrogen-bond donors (Lipinski definition) is 1. The van der Waals surface area contributed by atoms with Crippen molar-refractivity contribution in [2.24, 2.45) is 0 Å². The largest absolute Gasteiger partial charge is 0.390 e. The molecule has 0 bridgehead atoms. The second kappa shape index (κ2) is 6.04. The number of ether oxygens (including phenoxy) is 1. The van der Waals surface area contributed by atoms with Gasteiger partial charge >= 0.3 is 0 Å². The monoisotopic (exact) mass is 274 g/mol. The average molecular weight is 275 g/mol. The van der Waals surface area contributed by atoms with Crippen molar-refractivity contribution in [3.8, 4) is 0 Å². The fraction of sp³-hybridized carbons (Fsp3) is 0.769. The first-order valence-electron chi connectivity index (χ1n) is 6.34. The summed E-state index contributed by atoms with van der Waals surface area (Å²) < 4.78 is 7.15. The molecule has 0 radical (unpaired) electrons. The maximum absolute atomic E-state index is 10.2. The van der Waals surface area contributed by atoms with Gasteiger partial charge in [-0.2, -0.15) is 5.10 Å². The van der Waals surface area contributed by atoms with Gasteiger partial charge < -0.3 is 9.84 Å². The third-order valence-electron chi connectivity index (χ3n) is 3.41. The molecule has 1 atom stereocenters. The lowest BCUT2D eigenvalue weighted by Crippen LogP contribution is -2.40. The molecule has 0 saturated carbocycles. The van der Waals surface area contributed by atoms with Gasteiger partial charge in [0.1, 0.15) is 0 Å². The standard InChI is InChI=1S/C13H23ClN2O2/c1-6-9-12(14)10(16(7-2)15-9)8-11(17)13(3,4)18-5/h11,17H,6-8H2,1-5H3. The second-order valence-corrected chi connectivity index (χ2v) is 5.28. The van der Waals surface area contributed by atoms with Crippen LogP contribution in [0.25, 0.3) is 0 Å². The maximum Gasteiger partial charge on any atom is 0.0884 e. The van der Waals surface area contributed by atoms with Crippen LogP contribution < -0.4 is 0 Å². The number of methoxy groups -OCH3 is 1. The quantitative estimate of drug-likeness (QED) is 0.867. The van der Waals surface area contributed by atoms with E-state index in [0.29, 0.717) is 11.4 Å². The number of aliphatic hydroxyl groups is 1. The molecule has 1 rings (SSSR count). The summed E-state index contributed by atoms with van der Waals surface area (Å²) in [5.41, 5.74) is 1.17. The Bertz CT molecular complexity index is 402. The summed E-state index contributed by atoms with van der Waals surface area (Å²) in [6, 6.07) is 0. The molecule has 4 nitrogen and oxygen atoms in total. The Hall–Kier alpha value is -0.580. The minimum absolute atomic E-state index is 0.445. The van der Waals surface area contributed by atoms with Crippen molar-refractivity contribution in [3.63, 3.8) is 0 Å². The number of halogens is 1. The topological polar surface area (TPSA) is 47.3 Å². The number of nitrogens with zero attached hydrogens (tertiary/aromatic N) is 2. The lowest BCUT2D eigenvalue weighted by atomic mass is 9.97. The third-order valence-corrected chi connectivity index (χ3v) is 3.85. The van der Waals surface area contributed by atoms with Crippen molar-refractivity contribution >= 4 is 11.6 Å². The van der Waals surface area contributed by atoms with E-state index in [2.05, 4.69) is 5.10 Å². The van der Waals surface area contributed by atoms with Gasteiger partial charge in [-0.25, -0.2) is 0 Å².